The first-order valence-corrected chi connectivity index (χ1v) is 14.6. The number of esters is 1. The van der Waals surface area contributed by atoms with E-state index in [2.05, 4.69) is 20.3 Å². The highest BCUT2D eigenvalue weighted by Gasteiger charge is 2.32. The van der Waals surface area contributed by atoms with E-state index >= 15 is 0 Å². The summed E-state index contributed by atoms with van der Waals surface area (Å²) < 4.78 is 10.5. The summed E-state index contributed by atoms with van der Waals surface area (Å²) in [5.74, 6) is -1.11. The molecule has 12 nitrogen and oxygen atoms in total. The lowest BCUT2D eigenvalue weighted by Gasteiger charge is -2.36. The minimum Gasteiger partial charge on any atom is -0.460 e. The molecular weight excluding hydrogens is 564 g/mol. The highest BCUT2D eigenvalue weighted by Crippen LogP contribution is 2.22. The lowest BCUT2D eigenvalue weighted by Crippen LogP contribution is -2.56. The average molecular weight is 603 g/mol. The molecule has 44 heavy (non-hydrogen) atoms. The summed E-state index contributed by atoms with van der Waals surface area (Å²) >= 11 is 0. The van der Waals surface area contributed by atoms with Gasteiger partial charge in [-0.05, 0) is 52.3 Å². The van der Waals surface area contributed by atoms with Gasteiger partial charge in [0.25, 0.3) is 5.91 Å². The normalized spacial score (nSPS) is 14.0. The van der Waals surface area contributed by atoms with Crippen LogP contribution in [0.15, 0.2) is 60.9 Å². The first kappa shape index (κ1) is 32.1. The summed E-state index contributed by atoms with van der Waals surface area (Å²) in [5.41, 5.74) is 1.26. The minimum atomic E-state index is -1.04. The van der Waals surface area contributed by atoms with Gasteiger partial charge in [-0.15, -0.1) is 0 Å². The molecular formula is C32H38N6O6. The molecule has 0 spiro atoms. The van der Waals surface area contributed by atoms with Gasteiger partial charge in [0.05, 0.1) is 12.3 Å². The predicted molar refractivity (Wildman–Crippen MR) is 162 cm³/mol. The number of ether oxygens (including phenoxy) is 2. The number of aromatic nitrogens is 3. The SMILES string of the molecule is CCOC(=O)N1CCN(C(=O)[C@H](CCC(=O)OC(C)(C)C)NC(=O)c2cc(-c3cccnc3)nc(-c3ccccc3)n2)CC1. The Morgan fingerprint density at radius 3 is 2.25 bits per heavy atom. The molecule has 3 amide bonds. The van der Waals surface area contributed by atoms with Crippen molar-refractivity contribution in [1.82, 2.24) is 30.1 Å². The highest BCUT2D eigenvalue weighted by molar-refractivity contribution is 5.97. The van der Waals surface area contributed by atoms with Gasteiger partial charge >= 0.3 is 12.1 Å². The molecule has 232 valence electrons. The number of nitrogens with one attached hydrogen (secondary N) is 1. The van der Waals surface area contributed by atoms with Gasteiger partial charge in [-0.1, -0.05) is 30.3 Å². The van der Waals surface area contributed by atoms with Crippen molar-refractivity contribution >= 4 is 23.9 Å². The Labute approximate surface area is 256 Å². The van der Waals surface area contributed by atoms with E-state index in [1.165, 1.54) is 4.90 Å². The van der Waals surface area contributed by atoms with Crippen LogP contribution in [-0.4, -0.2) is 93.1 Å². The summed E-state index contributed by atoms with van der Waals surface area (Å²) in [7, 11) is 0. The molecule has 0 saturated carbocycles. The van der Waals surface area contributed by atoms with Gasteiger partial charge in [-0.3, -0.25) is 19.4 Å². The highest BCUT2D eigenvalue weighted by atomic mass is 16.6. The maximum atomic E-state index is 13.7. The summed E-state index contributed by atoms with van der Waals surface area (Å²) in [5, 5.41) is 2.81. The standard InChI is InChI=1S/C32H38N6O6/c1-5-43-31(42)38-18-16-37(17-19-38)30(41)24(13-14-27(39)44-32(2,3)4)36-29(40)26-20-25(23-12-9-15-33-21-23)34-28(35-26)22-10-7-6-8-11-22/h6-12,15,20-21,24H,5,13-14,16-19H2,1-4H3,(H,36,40)/t24-/m0/s1. The van der Waals surface area contributed by atoms with Crippen LogP contribution in [0.1, 0.15) is 51.0 Å². The van der Waals surface area contributed by atoms with E-state index in [1.54, 1.807) is 57.1 Å². The Morgan fingerprint density at radius 1 is 0.932 bits per heavy atom. The minimum absolute atomic E-state index is 0.0175. The zero-order valence-electron chi connectivity index (χ0n) is 25.5. The number of piperazine rings is 1. The number of carbonyl (C=O) groups excluding carboxylic acids is 4. The van der Waals surface area contributed by atoms with Gasteiger partial charge in [0.2, 0.25) is 5.91 Å². The summed E-state index contributed by atoms with van der Waals surface area (Å²) in [6, 6.07) is 13.4. The first-order chi connectivity index (χ1) is 21.0. The van der Waals surface area contributed by atoms with E-state index in [0.29, 0.717) is 22.6 Å². The quantitative estimate of drug-likeness (QED) is 0.362. The van der Waals surface area contributed by atoms with Crippen molar-refractivity contribution in [2.24, 2.45) is 0 Å². The van der Waals surface area contributed by atoms with Crippen LogP contribution in [0.4, 0.5) is 4.79 Å². The molecule has 12 heteroatoms. The van der Waals surface area contributed by atoms with Gasteiger partial charge in [0, 0.05) is 56.1 Å². The van der Waals surface area contributed by atoms with Crippen LogP contribution in [0.25, 0.3) is 22.6 Å². The molecule has 1 N–H and O–H groups in total. The van der Waals surface area contributed by atoms with E-state index in [1.807, 2.05) is 36.4 Å². The zero-order chi connectivity index (χ0) is 31.7. The Kier molecular flexibility index (Phi) is 10.6. The van der Waals surface area contributed by atoms with Crippen molar-refractivity contribution in [2.45, 2.75) is 52.2 Å². The number of hydrogen-bond acceptors (Lipinski definition) is 9. The van der Waals surface area contributed by atoms with Crippen LogP contribution >= 0.6 is 0 Å². The Balaban J connectivity index is 1.58. The molecule has 1 saturated heterocycles. The zero-order valence-corrected chi connectivity index (χ0v) is 25.5. The number of benzene rings is 1. The van der Waals surface area contributed by atoms with Gasteiger partial charge in [-0.2, -0.15) is 0 Å². The molecule has 0 aliphatic carbocycles. The monoisotopic (exact) mass is 602 g/mol. The smallest absolute Gasteiger partial charge is 0.409 e. The maximum Gasteiger partial charge on any atom is 0.409 e. The van der Waals surface area contributed by atoms with Crippen molar-refractivity contribution in [3.8, 4) is 22.6 Å². The summed E-state index contributed by atoms with van der Waals surface area (Å²) in [6.07, 6.45) is 2.78. The third-order valence-corrected chi connectivity index (χ3v) is 6.73. The number of nitrogens with zero attached hydrogens (tertiary/aromatic N) is 5. The van der Waals surface area contributed by atoms with Crippen LogP contribution < -0.4 is 5.32 Å². The number of hydrogen-bond donors (Lipinski definition) is 1. The topological polar surface area (TPSA) is 144 Å². The molecule has 1 aliphatic heterocycles. The Morgan fingerprint density at radius 2 is 1.61 bits per heavy atom. The van der Waals surface area contributed by atoms with Gasteiger partial charge in [0.15, 0.2) is 5.82 Å². The molecule has 1 atom stereocenters. The van der Waals surface area contributed by atoms with Crippen LogP contribution in [0.5, 0.6) is 0 Å². The number of rotatable bonds is 9. The molecule has 1 aliphatic rings. The first-order valence-electron chi connectivity index (χ1n) is 14.6. The second-order valence-corrected chi connectivity index (χ2v) is 11.2. The molecule has 3 aromatic rings. The maximum absolute atomic E-state index is 13.7. The Hall–Kier alpha value is -4.87. The average Bonchev–Trinajstić information content (AvgIpc) is 3.02. The van der Waals surface area contributed by atoms with Crippen molar-refractivity contribution in [1.29, 1.82) is 0 Å². The third-order valence-electron chi connectivity index (χ3n) is 6.73. The summed E-state index contributed by atoms with van der Waals surface area (Å²) in [4.78, 5) is 68.6. The number of amides is 3. The summed E-state index contributed by atoms with van der Waals surface area (Å²) in [6.45, 7) is 8.37. The van der Waals surface area contributed by atoms with Crippen molar-refractivity contribution in [3.05, 3.63) is 66.6 Å². The van der Waals surface area contributed by atoms with Crippen LogP contribution in [-0.2, 0) is 19.1 Å². The molecule has 1 fully saturated rings. The van der Waals surface area contributed by atoms with E-state index in [9.17, 15) is 19.2 Å². The van der Waals surface area contributed by atoms with E-state index in [4.69, 9.17) is 9.47 Å². The van der Waals surface area contributed by atoms with Gasteiger partial charge < -0.3 is 24.6 Å². The van der Waals surface area contributed by atoms with Gasteiger partial charge in [-0.25, -0.2) is 14.8 Å². The van der Waals surface area contributed by atoms with E-state index in [-0.39, 0.29) is 57.2 Å². The molecule has 0 bridgehead atoms. The second-order valence-electron chi connectivity index (χ2n) is 11.2. The van der Waals surface area contributed by atoms with E-state index < -0.39 is 29.6 Å². The van der Waals surface area contributed by atoms with Crippen LogP contribution in [0.2, 0.25) is 0 Å². The van der Waals surface area contributed by atoms with Crippen molar-refractivity contribution in [3.63, 3.8) is 0 Å². The largest absolute Gasteiger partial charge is 0.460 e. The molecule has 2 aromatic heterocycles. The van der Waals surface area contributed by atoms with E-state index in [0.717, 1.165) is 0 Å². The predicted octanol–water partition coefficient (Wildman–Crippen LogP) is 3.73. The van der Waals surface area contributed by atoms with Crippen LogP contribution in [0, 0.1) is 0 Å². The number of carbonyl (C=O) groups is 4. The van der Waals surface area contributed by atoms with Gasteiger partial charge in [0.1, 0.15) is 17.3 Å². The number of pyridine rings is 1. The molecule has 4 rings (SSSR count). The third kappa shape index (κ3) is 8.82. The van der Waals surface area contributed by atoms with Crippen LogP contribution in [0.3, 0.4) is 0 Å². The second kappa shape index (κ2) is 14.5. The molecule has 0 radical (unpaired) electrons. The van der Waals surface area contributed by atoms with Crippen molar-refractivity contribution in [2.75, 3.05) is 32.8 Å². The lowest BCUT2D eigenvalue weighted by molar-refractivity contribution is -0.155. The molecule has 0 unspecified atom stereocenters. The fourth-order valence-electron chi connectivity index (χ4n) is 4.63. The lowest BCUT2D eigenvalue weighted by atomic mass is 10.1. The van der Waals surface area contributed by atoms with Crippen molar-refractivity contribution < 1.29 is 28.7 Å². The fourth-order valence-corrected chi connectivity index (χ4v) is 4.63. The molecule has 1 aromatic carbocycles. The fraction of sp³-hybridized carbons (Fsp3) is 0.406. The molecule has 3 heterocycles. The Bertz CT molecular complexity index is 1400.